The molecule has 0 unspecified atom stereocenters. The quantitative estimate of drug-likeness (QED) is 0.472. The lowest BCUT2D eigenvalue weighted by atomic mass is 10.1. The second kappa shape index (κ2) is 7.94. The first-order chi connectivity index (χ1) is 15.4. The molecule has 8 heteroatoms. The molecule has 32 heavy (non-hydrogen) atoms. The molecule has 5 rings (SSSR count). The number of aryl methyl sites for hydroxylation is 1. The maximum absolute atomic E-state index is 13.6. The van der Waals surface area contributed by atoms with Gasteiger partial charge in [0.15, 0.2) is 0 Å². The predicted molar refractivity (Wildman–Crippen MR) is 118 cm³/mol. The number of hydrogen-bond donors (Lipinski definition) is 2. The van der Waals surface area contributed by atoms with Gasteiger partial charge >= 0.3 is 6.18 Å². The van der Waals surface area contributed by atoms with Crippen LogP contribution in [-0.4, -0.2) is 21.1 Å². The zero-order chi connectivity index (χ0) is 22.3. The number of benzene rings is 2. The van der Waals surface area contributed by atoms with Crippen LogP contribution in [-0.2, 0) is 25.7 Å². The van der Waals surface area contributed by atoms with Gasteiger partial charge in [-0.2, -0.15) is 18.2 Å². The Morgan fingerprint density at radius 1 is 1.06 bits per heavy atom. The molecule has 0 bridgehead atoms. The van der Waals surface area contributed by atoms with E-state index in [1.165, 1.54) is 6.07 Å². The number of alkyl halides is 3. The Morgan fingerprint density at radius 3 is 2.66 bits per heavy atom. The number of nitrogens with zero attached hydrogens (tertiary/aromatic N) is 3. The molecule has 4 aromatic rings. The average Bonchev–Trinajstić information content (AvgIpc) is 3.13. The van der Waals surface area contributed by atoms with Gasteiger partial charge in [0.2, 0.25) is 5.95 Å². The minimum atomic E-state index is -4.43. The molecule has 0 saturated heterocycles. The van der Waals surface area contributed by atoms with Crippen LogP contribution in [0.15, 0.2) is 54.6 Å². The highest BCUT2D eigenvalue weighted by Gasteiger charge is 2.33. The van der Waals surface area contributed by atoms with Crippen LogP contribution in [0.2, 0.25) is 0 Å². The van der Waals surface area contributed by atoms with Gasteiger partial charge in [0.25, 0.3) is 0 Å². The third-order valence-electron chi connectivity index (χ3n) is 5.76. The number of aromatic nitrogens is 3. The van der Waals surface area contributed by atoms with Crippen molar-refractivity contribution >= 4 is 16.7 Å². The topological polar surface area (TPSA) is 54.8 Å². The highest BCUT2D eigenvalue weighted by Crippen LogP contribution is 2.37. The van der Waals surface area contributed by atoms with Gasteiger partial charge in [0.05, 0.1) is 16.8 Å². The number of hydrogen-bond acceptors (Lipinski definition) is 4. The number of fused-ring (bicyclic) bond motifs is 2. The number of halogens is 3. The van der Waals surface area contributed by atoms with Crippen molar-refractivity contribution < 1.29 is 13.2 Å². The minimum Gasteiger partial charge on any atom is -0.366 e. The van der Waals surface area contributed by atoms with Crippen LogP contribution in [0.25, 0.3) is 16.9 Å². The molecule has 164 valence electrons. The summed E-state index contributed by atoms with van der Waals surface area (Å²) < 4.78 is 42.4. The van der Waals surface area contributed by atoms with Crippen LogP contribution in [0.1, 0.15) is 28.1 Å². The summed E-state index contributed by atoms with van der Waals surface area (Å²) in [6.07, 6.45) is -3.69. The first-order valence-electron chi connectivity index (χ1n) is 10.5. The second-order valence-corrected chi connectivity index (χ2v) is 7.92. The Kier molecular flexibility index (Phi) is 5.09. The van der Waals surface area contributed by atoms with Gasteiger partial charge in [0, 0.05) is 42.7 Å². The molecule has 1 aliphatic rings. The fourth-order valence-corrected chi connectivity index (χ4v) is 4.23. The maximum atomic E-state index is 13.6. The van der Waals surface area contributed by atoms with Crippen molar-refractivity contribution in [2.75, 3.05) is 11.9 Å². The summed E-state index contributed by atoms with van der Waals surface area (Å²) in [5, 5.41) is 6.91. The van der Waals surface area contributed by atoms with Gasteiger partial charge in [0.1, 0.15) is 5.82 Å². The summed E-state index contributed by atoms with van der Waals surface area (Å²) >= 11 is 0. The van der Waals surface area contributed by atoms with Crippen molar-refractivity contribution in [1.82, 2.24) is 19.9 Å². The number of anilines is 1. The summed E-state index contributed by atoms with van der Waals surface area (Å²) in [6, 6.07) is 15.8. The summed E-state index contributed by atoms with van der Waals surface area (Å²) in [5.41, 5.74) is 3.47. The molecular weight excluding hydrogens is 415 g/mol. The van der Waals surface area contributed by atoms with Crippen molar-refractivity contribution in [1.29, 1.82) is 0 Å². The fourth-order valence-electron chi connectivity index (χ4n) is 4.23. The van der Waals surface area contributed by atoms with Crippen molar-refractivity contribution in [2.24, 2.45) is 0 Å². The number of rotatable bonds is 4. The van der Waals surface area contributed by atoms with Crippen molar-refractivity contribution in [3.8, 4) is 5.95 Å². The Morgan fingerprint density at radius 2 is 1.88 bits per heavy atom. The van der Waals surface area contributed by atoms with Gasteiger partial charge in [-0.25, -0.2) is 4.98 Å². The van der Waals surface area contributed by atoms with E-state index in [0.29, 0.717) is 36.1 Å². The highest BCUT2D eigenvalue weighted by molar-refractivity contribution is 5.86. The van der Waals surface area contributed by atoms with Crippen molar-refractivity contribution in [3.05, 3.63) is 82.7 Å². The minimum absolute atomic E-state index is 0.152. The molecule has 2 N–H and O–H groups in total. The van der Waals surface area contributed by atoms with E-state index < -0.39 is 11.7 Å². The first-order valence-corrected chi connectivity index (χ1v) is 10.5. The normalized spacial score (nSPS) is 13.9. The van der Waals surface area contributed by atoms with Crippen LogP contribution in [0.4, 0.5) is 19.0 Å². The van der Waals surface area contributed by atoms with E-state index in [1.807, 2.05) is 30.3 Å². The van der Waals surface area contributed by atoms with E-state index >= 15 is 0 Å². The van der Waals surface area contributed by atoms with Gasteiger partial charge in [-0.05, 0) is 30.7 Å². The summed E-state index contributed by atoms with van der Waals surface area (Å²) in [5.74, 6) is 1.09. The standard InChI is InChI=1S/C24H22F3N5/c1-15-12-17-19(24(25,26)27)8-5-9-21(17)32(15)23-30-20-10-11-28-14-18(20)22(31-23)29-13-16-6-3-2-4-7-16/h2-9,12,28H,10-11,13-14H2,1H3,(H,29,30,31). The smallest absolute Gasteiger partial charge is 0.366 e. The Bertz CT molecular complexity index is 1280. The summed E-state index contributed by atoms with van der Waals surface area (Å²) in [4.78, 5) is 9.53. The van der Waals surface area contributed by atoms with Crippen molar-refractivity contribution in [2.45, 2.75) is 32.6 Å². The Balaban J connectivity index is 1.63. The van der Waals surface area contributed by atoms with Crippen LogP contribution in [0, 0.1) is 6.92 Å². The van der Waals surface area contributed by atoms with Crippen LogP contribution in [0.3, 0.4) is 0 Å². The van der Waals surface area contributed by atoms with Gasteiger partial charge in [-0.1, -0.05) is 36.4 Å². The lowest BCUT2D eigenvalue weighted by Crippen LogP contribution is -2.27. The molecule has 0 spiro atoms. The lowest BCUT2D eigenvalue weighted by Gasteiger charge is -2.21. The average molecular weight is 437 g/mol. The van der Waals surface area contributed by atoms with Crippen LogP contribution in [0.5, 0.6) is 0 Å². The SMILES string of the molecule is Cc1cc2c(C(F)(F)F)cccc2n1-c1nc2c(c(NCc3ccccc3)n1)CNCC2. The Labute approximate surface area is 183 Å². The zero-order valence-corrected chi connectivity index (χ0v) is 17.5. The van der Waals surface area contributed by atoms with E-state index in [-0.39, 0.29) is 5.39 Å². The van der Waals surface area contributed by atoms with E-state index in [0.717, 1.165) is 35.9 Å². The predicted octanol–water partition coefficient (Wildman–Crippen LogP) is 5.01. The molecule has 0 radical (unpaired) electrons. The molecule has 5 nitrogen and oxygen atoms in total. The molecular formula is C24H22F3N5. The zero-order valence-electron chi connectivity index (χ0n) is 17.5. The highest BCUT2D eigenvalue weighted by atomic mass is 19.4. The van der Waals surface area contributed by atoms with Gasteiger partial charge in [-0.3, -0.25) is 4.57 Å². The molecule has 0 saturated carbocycles. The van der Waals surface area contributed by atoms with Gasteiger partial charge < -0.3 is 10.6 Å². The monoisotopic (exact) mass is 437 g/mol. The Hall–Kier alpha value is -3.39. The van der Waals surface area contributed by atoms with Gasteiger partial charge in [-0.15, -0.1) is 0 Å². The fraction of sp³-hybridized carbons (Fsp3) is 0.250. The largest absolute Gasteiger partial charge is 0.417 e. The molecule has 2 aromatic carbocycles. The molecule has 0 atom stereocenters. The summed E-state index contributed by atoms with van der Waals surface area (Å²) in [7, 11) is 0. The first kappa shape index (κ1) is 20.5. The van der Waals surface area contributed by atoms with E-state index in [9.17, 15) is 13.2 Å². The van der Waals surface area contributed by atoms with E-state index in [4.69, 9.17) is 9.97 Å². The van der Waals surface area contributed by atoms with Crippen molar-refractivity contribution in [3.63, 3.8) is 0 Å². The molecule has 0 amide bonds. The molecule has 1 aliphatic heterocycles. The number of nitrogens with one attached hydrogen (secondary N) is 2. The lowest BCUT2D eigenvalue weighted by molar-refractivity contribution is -0.136. The second-order valence-electron chi connectivity index (χ2n) is 7.92. The molecule has 0 aliphatic carbocycles. The van der Waals surface area contributed by atoms with Crippen LogP contribution >= 0.6 is 0 Å². The van der Waals surface area contributed by atoms with E-state index in [1.54, 1.807) is 23.6 Å². The van der Waals surface area contributed by atoms with E-state index in [2.05, 4.69) is 10.6 Å². The molecule has 2 aromatic heterocycles. The third kappa shape index (κ3) is 3.71. The molecule has 0 fully saturated rings. The maximum Gasteiger partial charge on any atom is 0.417 e. The third-order valence-corrected chi connectivity index (χ3v) is 5.76. The molecule has 3 heterocycles. The van der Waals surface area contributed by atoms with Crippen LogP contribution < -0.4 is 10.6 Å². The summed E-state index contributed by atoms with van der Waals surface area (Å²) in [6.45, 7) is 3.82.